The van der Waals surface area contributed by atoms with Crippen LogP contribution in [0, 0.1) is 0 Å². The Morgan fingerprint density at radius 1 is 1.17 bits per heavy atom. The van der Waals surface area contributed by atoms with Crippen LogP contribution in [0.3, 0.4) is 0 Å². The number of nitrogens with one attached hydrogen (secondary N) is 1. The number of ether oxygens (including phenoxy) is 1. The molecule has 5 nitrogen and oxygen atoms in total. The smallest absolute Gasteiger partial charge is 0.416 e. The Hall–Kier alpha value is -2.26. The number of halogens is 4. The lowest BCUT2D eigenvalue weighted by molar-refractivity contribution is -0.137. The number of anilines is 2. The molecule has 1 heterocycles. The average molecular weight is 486 g/mol. The van der Waals surface area contributed by atoms with Gasteiger partial charge in [-0.2, -0.15) is 13.2 Å². The molecule has 9 heteroatoms. The van der Waals surface area contributed by atoms with E-state index in [2.05, 4.69) is 21.2 Å². The Morgan fingerprint density at radius 2 is 1.90 bits per heavy atom. The van der Waals surface area contributed by atoms with Crippen molar-refractivity contribution in [2.24, 2.45) is 0 Å². The summed E-state index contributed by atoms with van der Waals surface area (Å²) >= 11 is 3.38. The number of hydrogen-bond acceptors (Lipinski definition) is 4. The average Bonchev–Trinajstić information content (AvgIpc) is 3.12. The van der Waals surface area contributed by atoms with Gasteiger partial charge < -0.3 is 19.9 Å². The van der Waals surface area contributed by atoms with Crippen molar-refractivity contribution < 1.29 is 22.7 Å². The molecule has 2 aromatic rings. The van der Waals surface area contributed by atoms with Crippen LogP contribution in [-0.4, -0.2) is 51.6 Å². The molecule has 0 aromatic heterocycles. The van der Waals surface area contributed by atoms with Crippen molar-refractivity contribution in [1.29, 1.82) is 0 Å². The molecule has 162 valence electrons. The standard InChI is InChI=1S/C21H23BrF3N3O2/c1-27(2)7-8-28(3)18-5-4-14(21(23,24)25)11-17(18)26-20(29)16-12-15(22)10-13-6-9-30-19(13)16/h4-5,10-12H,6-9H2,1-3H3,(H,26,29). The summed E-state index contributed by atoms with van der Waals surface area (Å²) in [5.74, 6) is -0.0405. The van der Waals surface area contributed by atoms with Gasteiger partial charge in [0.25, 0.3) is 5.91 Å². The van der Waals surface area contributed by atoms with Gasteiger partial charge in [-0.3, -0.25) is 4.79 Å². The fourth-order valence-electron chi connectivity index (χ4n) is 3.24. The van der Waals surface area contributed by atoms with Crippen molar-refractivity contribution in [3.05, 3.63) is 51.5 Å². The van der Waals surface area contributed by atoms with Crippen LogP contribution in [0.15, 0.2) is 34.8 Å². The van der Waals surface area contributed by atoms with Gasteiger partial charge in [0.1, 0.15) is 5.75 Å². The third-order valence-electron chi connectivity index (χ3n) is 4.86. The summed E-state index contributed by atoms with van der Waals surface area (Å²) in [6.45, 7) is 1.75. The molecule has 1 amide bonds. The van der Waals surface area contributed by atoms with Crippen LogP contribution in [0.1, 0.15) is 21.5 Å². The van der Waals surface area contributed by atoms with Crippen LogP contribution < -0.4 is 15.0 Å². The molecule has 0 spiro atoms. The fraction of sp³-hybridized carbons (Fsp3) is 0.381. The summed E-state index contributed by atoms with van der Waals surface area (Å²) in [5, 5.41) is 2.67. The molecule has 30 heavy (non-hydrogen) atoms. The van der Waals surface area contributed by atoms with Crippen LogP contribution >= 0.6 is 15.9 Å². The molecule has 0 fully saturated rings. The SMILES string of the molecule is CN(C)CCN(C)c1ccc(C(F)(F)F)cc1NC(=O)c1cc(Br)cc2c1OCC2. The van der Waals surface area contributed by atoms with Gasteiger partial charge in [0.05, 0.1) is 29.1 Å². The summed E-state index contributed by atoms with van der Waals surface area (Å²) in [7, 11) is 5.61. The molecule has 0 saturated carbocycles. The van der Waals surface area contributed by atoms with Crippen LogP contribution in [0.25, 0.3) is 0 Å². The number of carbonyl (C=O) groups is 1. The first-order valence-corrected chi connectivity index (χ1v) is 10.2. The highest BCUT2D eigenvalue weighted by atomic mass is 79.9. The van der Waals surface area contributed by atoms with E-state index < -0.39 is 17.6 Å². The molecule has 0 bridgehead atoms. The van der Waals surface area contributed by atoms with E-state index in [-0.39, 0.29) is 11.3 Å². The normalized spacial score (nSPS) is 13.2. The predicted octanol–water partition coefficient (Wildman–Crippen LogP) is 4.65. The van der Waals surface area contributed by atoms with E-state index in [4.69, 9.17) is 4.74 Å². The van der Waals surface area contributed by atoms with E-state index in [0.717, 1.165) is 17.7 Å². The van der Waals surface area contributed by atoms with Gasteiger partial charge in [0, 0.05) is 31.0 Å². The van der Waals surface area contributed by atoms with Crippen molar-refractivity contribution in [2.75, 3.05) is 51.1 Å². The molecule has 3 rings (SSSR count). The number of nitrogens with zero attached hydrogens (tertiary/aromatic N) is 2. The van der Waals surface area contributed by atoms with Gasteiger partial charge in [-0.15, -0.1) is 0 Å². The molecule has 0 radical (unpaired) electrons. The predicted molar refractivity (Wildman–Crippen MR) is 115 cm³/mol. The zero-order valence-electron chi connectivity index (χ0n) is 16.9. The second-order valence-corrected chi connectivity index (χ2v) is 8.36. The second-order valence-electron chi connectivity index (χ2n) is 7.45. The van der Waals surface area contributed by atoms with Gasteiger partial charge in [-0.05, 0) is 50.0 Å². The van der Waals surface area contributed by atoms with Gasteiger partial charge >= 0.3 is 6.18 Å². The first-order chi connectivity index (χ1) is 14.1. The Kier molecular flexibility index (Phi) is 6.62. The van der Waals surface area contributed by atoms with Gasteiger partial charge in [0.15, 0.2) is 0 Å². The number of alkyl halides is 3. The highest BCUT2D eigenvalue weighted by molar-refractivity contribution is 9.10. The van der Waals surface area contributed by atoms with E-state index in [1.807, 2.05) is 30.0 Å². The highest BCUT2D eigenvalue weighted by Crippen LogP contribution is 2.37. The first kappa shape index (κ1) is 22.4. The van der Waals surface area contributed by atoms with Crippen molar-refractivity contribution >= 4 is 33.2 Å². The molecule has 1 N–H and O–H groups in total. The monoisotopic (exact) mass is 485 g/mol. The van der Waals surface area contributed by atoms with E-state index in [1.165, 1.54) is 6.07 Å². The zero-order chi connectivity index (χ0) is 22.1. The summed E-state index contributed by atoms with van der Waals surface area (Å²) in [6.07, 6.45) is -3.84. The minimum atomic E-state index is -4.51. The lowest BCUT2D eigenvalue weighted by Crippen LogP contribution is -2.29. The molecule has 1 aliphatic heterocycles. The fourth-order valence-corrected chi connectivity index (χ4v) is 3.75. The molecule has 0 aliphatic carbocycles. The largest absolute Gasteiger partial charge is 0.492 e. The summed E-state index contributed by atoms with van der Waals surface area (Å²) in [5.41, 5.74) is 0.963. The van der Waals surface area contributed by atoms with Crippen molar-refractivity contribution in [3.8, 4) is 5.75 Å². The number of fused-ring (bicyclic) bond motifs is 1. The highest BCUT2D eigenvalue weighted by Gasteiger charge is 2.32. The third-order valence-corrected chi connectivity index (χ3v) is 5.32. The van der Waals surface area contributed by atoms with Gasteiger partial charge in [-0.25, -0.2) is 0 Å². The second kappa shape index (κ2) is 8.85. The Bertz CT molecular complexity index is 948. The van der Waals surface area contributed by atoms with Gasteiger partial charge in [-0.1, -0.05) is 15.9 Å². The molecule has 2 aromatic carbocycles. The topological polar surface area (TPSA) is 44.8 Å². The van der Waals surface area contributed by atoms with Crippen molar-refractivity contribution in [2.45, 2.75) is 12.6 Å². The quantitative estimate of drug-likeness (QED) is 0.646. The number of hydrogen-bond donors (Lipinski definition) is 1. The summed E-state index contributed by atoms with van der Waals surface area (Å²) in [6, 6.07) is 6.87. The van der Waals surface area contributed by atoms with Crippen LogP contribution in [-0.2, 0) is 12.6 Å². The maximum atomic E-state index is 13.3. The van der Waals surface area contributed by atoms with Crippen molar-refractivity contribution in [1.82, 2.24) is 4.90 Å². The van der Waals surface area contributed by atoms with Crippen LogP contribution in [0.5, 0.6) is 5.75 Å². The number of rotatable bonds is 6. The van der Waals surface area contributed by atoms with E-state index in [1.54, 1.807) is 13.1 Å². The molecule has 1 aliphatic rings. The summed E-state index contributed by atoms with van der Waals surface area (Å²) < 4.78 is 46.2. The van der Waals surface area contributed by atoms with E-state index in [0.29, 0.717) is 42.0 Å². The van der Waals surface area contributed by atoms with Crippen molar-refractivity contribution in [3.63, 3.8) is 0 Å². The minimum Gasteiger partial charge on any atom is -0.492 e. The maximum Gasteiger partial charge on any atom is 0.416 e. The first-order valence-electron chi connectivity index (χ1n) is 9.40. The molecular weight excluding hydrogens is 463 g/mol. The summed E-state index contributed by atoms with van der Waals surface area (Å²) in [4.78, 5) is 16.8. The number of likely N-dealkylation sites (N-methyl/N-ethyl adjacent to an activating group) is 2. The van der Waals surface area contributed by atoms with Gasteiger partial charge in [0.2, 0.25) is 0 Å². The Morgan fingerprint density at radius 3 is 2.57 bits per heavy atom. The van der Waals surface area contributed by atoms with Crippen LogP contribution in [0.4, 0.5) is 24.5 Å². The number of carbonyl (C=O) groups excluding carboxylic acids is 1. The Labute approximate surface area is 181 Å². The maximum absolute atomic E-state index is 13.3. The lowest BCUT2D eigenvalue weighted by atomic mass is 10.1. The molecule has 0 atom stereocenters. The number of benzene rings is 2. The van der Waals surface area contributed by atoms with Crippen LogP contribution in [0.2, 0.25) is 0 Å². The van der Waals surface area contributed by atoms with E-state index in [9.17, 15) is 18.0 Å². The zero-order valence-corrected chi connectivity index (χ0v) is 18.5. The molecular formula is C21H23BrF3N3O2. The van der Waals surface area contributed by atoms with E-state index >= 15 is 0 Å². The Balaban J connectivity index is 1.96. The lowest BCUT2D eigenvalue weighted by Gasteiger charge is -2.25. The molecule has 0 unspecified atom stereocenters. The minimum absolute atomic E-state index is 0.0998. The third kappa shape index (κ3) is 5.07. The number of amides is 1. The molecule has 0 saturated heterocycles.